The number of aryl methyl sites for hydroxylation is 1. The molecule has 174 valence electrons. The summed E-state index contributed by atoms with van der Waals surface area (Å²) in [6, 6.07) is 2.94. The van der Waals surface area contributed by atoms with Gasteiger partial charge in [-0.1, -0.05) is 11.6 Å². The largest absolute Gasteiger partial charge is 0.355 e. The molecule has 3 aliphatic rings. The average Bonchev–Trinajstić information content (AvgIpc) is 3.52. The van der Waals surface area contributed by atoms with Gasteiger partial charge in [0.05, 0.1) is 5.92 Å². The number of amides is 4. The van der Waals surface area contributed by atoms with Crippen LogP contribution in [0.5, 0.6) is 0 Å². The van der Waals surface area contributed by atoms with E-state index in [1.165, 1.54) is 6.07 Å². The van der Waals surface area contributed by atoms with E-state index in [1.807, 2.05) is 9.80 Å². The van der Waals surface area contributed by atoms with Gasteiger partial charge in [0.1, 0.15) is 5.82 Å². The fourth-order valence-electron chi connectivity index (χ4n) is 4.64. The lowest BCUT2D eigenvalue weighted by Crippen LogP contribution is -2.49. The van der Waals surface area contributed by atoms with Crippen molar-refractivity contribution in [2.45, 2.75) is 51.6 Å². The van der Waals surface area contributed by atoms with Crippen molar-refractivity contribution in [1.29, 1.82) is 0 Å². The van der Waals surface area contributed by atoms with E-state index < -0.39 is 5.82 Å². The number of halogens is 2. The number of hydrogen-bond acceptors (Lipinski definition) is 3. The Morgan fingerprint density at radius 2 is 2.09 bits per heavy atom. The van der Waals surface area contributed by atoms with Gasteiger partial charge in [-0.25, -0.2) is 9.18 Å². The molecule has 1 unspecified atom stereocenters. The monoisotopic (exact) mass is 464 g/mol. The molecule has 2 saturated heterocycles. The van der Waals surface area contributed by atoms with E-state index in [9.17, 15) is 18.8 Å². The first kappa shape index (κ1) is 22.8. The van der Waals surface area contributed by atoms with Crippen molar-refractivity contribution in [2.24, 2.45) is 11.8 Å². The highest BCUT2D eigenvalue weighted by Gasteiger charge is 2.37. The predicted molar refractivity (Wildman–Crippen MR) is 119 cm³/mol. The highest BCUT2D eigenvalue weighted by atomic mass is 35.5. The zero-order valence-corrected chi connectivity index (χ0v) is 19.1. The Morgan fingerprint density at radius 3 is 2.78 bits per heavy atom. The Labute approximate surface area is 192 Å². The molecule has 0 bridgehead atoms. The number of nitrogens with zero attached hydrogens (tertiary/aromatic N) is 2. The van der Waals surface area contributed by atoms with Gasteiger partial charge in [-0.05, 0) is 56.2 Å². The molecule has 1 saturated carbocycles. The molecule has 2 N–H and O–H groups in total. The van der Waals surface area contributed by atoms with Crippen molar-refractivity contribution in [2.75, 3.05) is 26.2 Å². The van der Waals surface area contributed by atoms with Crippen LogP contribution >= 0.6 is 11.6 Å². The quantitative estimate of drug-likeness (QED) is 0.679. The molecule has 4 amide bonds. The first-order valence-corrected chi connectivity index (χ1v) is 11.7. The summed E-state index contributed by atoms with van der Waals surface area (Å²) in [4.78, 5) is 40.9. The van der Waals surface area contributed by atoms with Crippen molar-refractivity contribution < 1.29 is 18.8 Å². The highest BCUT2D eigenvalue weighted by Crippen LogP contribution is 2.30. The third kappa shape index (κ3) is 5.34. The van der Waals surface area contributed by atoms with Crippen molar-refractivity contribution in [3.8, 4) is 0 Å². The van der Waals surface area contributed by atoms with Gasteiger partial charge in [-0.3, -0.25) is 9.59 Å². The second kappa shape index (κ2) is 9.65. The number of likely N-dealkylation sites (tertiary alicyclic amines) is 1. The summed E-state index contributed by atoms with van der Waals surface area (Å²) < 4.78 is 14.2. The fraction of sp³-hybridized carbons (Fsp3) is 0.609. The van der Waals surface area contributed by atoms with Crippen LogP contribution in [0.4, 0.5) is 9.18 Å². The minimum Gasteiger partial charge on any atom is -0.355 e. The zero-order chi connectivity index (χ0) is 22.8. The summed E-state index contributed by atoms with van der Waals surface area (Å²) in [5, 5.41) is 5.95. The molecule has 2 atom stereocenters. The number of hydrogen-bond donors (Lipinski definition) is 2. The number of carbonyl (C=O) groups is 3. The van der Waals surface area contributed by atoms with Gasteiger partial charge < -0.3 is 20.4 Å². The summed E-state index contributed by atoms with van der Waals surface area (Å²) in [6.07, 6.45) is 4.03. The SMILES string of the molecule is Cc1cc(CNC(=O)N(C[C@@H]2CCCN(C(=O)C3CNC(=O)C3)C2)C2CC2)c(F)cc1Cl. The predicted octanol–water partition coefficient (Wildman–Crippen LogP) is 2.84. The normalized spacial score (nSPS) is 23.1. The number of piperidine rings is 1. The Morgan fingerprint density at radius 1 is 1.31 bits per heavy atom. The van der Waals surface area contributed by atoms with Crippen molar-refractivity contribution >= 4 is 29.4 Å². The van der Waals surface area contributed by atoms with E-state index in [4.69, 9.17) is 11.6 Å². The number of rotatable bonds is 6. The van der Waals surface area contributed by atoms with E-state index >= 15 is 0 Å². The van der Waals surface area contributed by atoms with E-state index in [-0.39, 0.29) is 48.7 Å². The molecule has 1 aromatic rings. The van der Waals surface area contributed by atoms with E-state index in [0.29, 0.717) is 36.8 Å². The maximum atomic E-state index is 14.2. The molecular weight excluding hydrogens is 435 g/mol. The number of nitrogens with one attached hydrogen (secondary N) is 2. The van der Waals surface area contributed by atoms with Crippen LogP contribution in [-0.2, 0) is 16.1 Å². The summed E-state index contributed by atoms with van der Waals surface area (Å²) in [7, 11) is 0. The van der Waals surface area contributed by atoms with Gasteiger partial charge in [0, 0.05) is 55.8 Å². The van der Waals surface area contributed by atoms with Crippen LogP contribution in [0, 0.1) is 24.6 Å². The Balaban J connectivity index is 1.34. The maximum Gasteiger partial charge on any atom is 0.317 e. The van der Waals surface area contributed by atoms with Gasteiger partial charge in [0.2, 0.25) is 11.8 Å². The molecule has 9 heteroatoms. The average molecular weight is 465 g/mol. The second-order valence-electron chi connectivity index (χ2n) is 9.23. The Bertz CT molecular complexity index is 907. The molecule has 0 aromatic heterocycles. The van der Waals surface area contributed by atoms with Crippen LogP contribution in [0.3, 0.4) is 0 Å². The molecule has 2 heterocycles. The van der Waals surface area contributed by atoms with Gasteiger partial charge in [-0.2, -0.15) is 0 Å². The molecule has 4 rings (SSSR count). The topological polar surface area (TPSA) is 81.8 Å². The van der Waals surface area contributed by atoms with E-state index in [1.54, 1.807) is 13.0 Å². The maximum absolute atomic E-state index is 14.2. The van der Waals surface area contributed by atoms with Crippen LogP contribution in [-0.4, -0.2) is 59.9 Å². The molecule has 2 aliphatic heterocycles. The Hall–Kier alpha value is -2.35. The lowest BCUT2D eigenvalue weighted by Gasteiger charge is -2.36. The van der Waals surface area contributed by atoms with Gasteiger partial charge in [0.25, 0.3) is 0 Å². The summed E-state index contributed by atoms with van der Waals surface area (Å²) >= 11 is 5.96. The molecule has 0 radical (unpaired) electrons. The first-order valence-electron chi connectivity index (χ1n) is 11.4. The first-order chi connectivity index (χ1) is 15.3. The van der Waals surface area contributed by atoms with Crippen molar-refractivity contribution in [3.05, 3.63) is 34.1 Å². The minimum atomic E-state index is -0.430. The third-order valence-corrected chi connectivity index (χ3v) is 7.03. The highest BCUT2D eigenvalue weighted by molar-refractivity contribution is 6.31. The zero-order valence-electron chi connectivity index (χ0n) is 18.3. The van der Waals surface area contributed by atoms with E-state index in [2.05, 4.69) is 10.6 Å². The summed E-state index contributed by atoms with van der Waals surface area (Å²) in [5.41, 5.74) is 1.17. The summed E-state index contributed by atoms with van der Waals surface area (Å²) in [6.45, 7) is 4.19. The molecule has 1 aromatic carbocycles. The molecule has 7 nitrogen and oxygen atoms in total. The molecule has 0 spiro atoms. The standard InChI is InChI=1S/C23H30ClFN4O3/c1-14-7-16(20(25)9-19(14)24)10-27-23(32)29(18-4-5-18)13-15-3-2-6-28(12-15)22(31)17-8-21(30)26-11-17/h7,9,15,17-18H,2-6,8,10-13H2,1H3,(H,26,30)(H,27,32)/t15-,17?/m1/s1. The third-order valence-electron chi connectivity index (χ3n) is 6.62. The summed E-state index contributed by atoms with van der Waals surface area (Å²) in [5.74, 6) is -0.550. The van der Waals surface area contributed by atoms with Crippen LogP contribution < -0.4 is 10.6 Å². The van der Waals surface area contributed by atoms with Crippen LogP contribution in [0.25, 0.3) is 0 Å². The molecule has 3 fully saturated rings. The van der Waals surface area contributed by atoms with Crippen LogP contribution in [0.15, 0.2) is 12.1 Å². The van der Waals surface area contributed by atoms with E-state index in [0.717, 1.165) is 31.2 Å². The van der Waals surface area contributed by atoms with Crippen molar-refractivity contribution in [1.82, 2.24) is 20.4 Å². The Kier molecular flexibility index (Phi) is 6.88. The smallest absolute Gasteiger partial charge is 0.317 e. The fourth-order valence-corrected chi connectivity index (χ4v) is 4.79. The number of urea groups is 1. The van der Waals surface area contributed by atoms with Gasteiger partial charge in [-0.15, -0.1) is 0 Å². The van der Waals surface area contributed by atoms with Crippen LogP contribution in [0.1, 0.15) is 43.2 Å². The molecule has 32 heavy (non-hydrogen) atoms. The van der Waals surface area contributed by atoms with Crippen molar-refractivity contribution in [3.63, 3.8) is 0 Å². The lowest BCUT2D eigenvalue weighted by atomic mass is 9.95. The molecule has 1 aliphatic carbocycles. The van der Waals surface area contributed by atoms with Crippen LogP contribution in [0.2, 0.25) is 5.02 Å². The lowest BCUT2D eigenvalue weighted by molar-refractivity contribution is -0.137. The molecular formula is C23H30ClFN4O3. The number of benzene rings is 1. The van der Waals surface area contributed by atoms with Gasteiger partial charge >= 0.3 is 6.03 Å². The minimum absolute atomic E-state index is 0.0315. The second-order valence-corrected chi connectivity index (χ2v) is 9.64. The number of carbonyl (C=O) groups excluding carboxylic acids is 3. The van der Waals surface area contributed by atoms with Gasteiger partial charge in [0.15, 0.2) is 0 Å².